The first kappa shape index (κ1) is 12.1. The van der Waals surface area contributed by atoms with Crippen LogP contribution in [0.15, 0.2) is 18.3 Å². The van der Waals surface area contributed by atoms with E-state index >= 15 is 0 Å². The highest BCUT2D eigenvalue weighted by Crippen LogP contribution is 2.22. The Morgan fingerprint density at radius 3 is 2.60 bits per heavy atom. The van der Waals surface area contributed by atoms with Crippen LogP contribution in [0.4, 0.5) is 19.0 Å². The van der Waals surface area contributed by atoms with E-state index in [4.69, 9.17) is 11.6 Å². The molecule has 0 bridgehead atoms. The first-order valence-corrected chi connectivity index (χ1v) is 4.69. The summed E-state index contributed by atoms with van der Waals surface area (Å²) in [6.07, 6.45) is -3.68. The number of alkyl halides is 3. The van der Waals surface area contributed by atoms with Crippen LogP contribution in [-0.4, -0.2) is 17.2 Å². The third-order valence-corrected chi connectivity index (χ3v) is 1.88. The average molecular weight is 239 g/mol. The van der Waals surface area contributed by atoms with Crippen LogP contribution in [-0.2, 0) is 0 Å². The number of halogens is 4. The van der Waals surface area contributed by atoms with Crippen molar-refractivity contribution in [2.45, 2.75) is 25.6 Å². The van der Waals surface area contributed by atoms with Gasteiger partial charge in [0, 0.05) is 12.2 Å². The first-order valence-electron chi connectivity index (χ1n) is 4.31. The zero-order chi connectivity index (χ0) is 11.5. The van der Waals surface area contributed by atoms with E-state index in [1.165, 1.54) is 19.2 Å². The van der Waals surface area contributed by atoms with E-state index < -0.39 is 18.6 Å². The van der Waals surface area contributed by atoms with Gasteiger partial charge in [-0.15, -0.1) is 0 Å². The minimum absolute atomic E-state index is 0.385. The monoisotopic (exact) mass is 238 g/mol. The summed E-state index contributed by atoms with van der Waals surface area (Å²) in [5, 5.41) is 3.08. The average Bonchev–Trinajstić information content (AvgIpc) is 2.05. The van der Waals surface area contributed by atoms with Crippen LogP contribution >= 0.6 is 11.6 Å². The van der Waals surface area contributed by atoms with E-state index in [0.29, 0.717) is 10.8 Å². The van der Waals surface area contributed by atoms with Gasteiger partial charge in [-0.25, -0.2) is 4.98 Å². The lowest BCUT2D eigenvalue weighted by molar-refractivity contribution is -0.136. The van der Waals surface area contributed by atoms with Gasteiger partial charge in [0.05, 0.1) is 11.4 Å². The van der Waals surface area contributed by atoms with Gasteiger partial charge >= 0.3 is 6.18 Å². The molecule has 1 aromatic heterocycles. The summed E-state index contributed by atoms with van der Waals surface area (Å²) in [7, 11) is 0. The zero-order valence-corrected chi connectivity index (χ0v) is 8.73. The molecule has 1 aromatic rings. The molecule has 1 rings (SSSR count). The van der Waals surface area contributed by atoms with Gasteiger partial charge in [0.1, 0.15) is 5.82 Å². The molecule has 0 aliphatic heterocycles. The number of rotatable bonds is 3. The molecular weight excluding hydrogens is 229 g/mol. The standard InChI is InChI=1S/C9H10ClF3N2/c1-6(4-9(11,12)13)15-8-3-2-7(10)5-14-8/h2-3,5-6H,4H2,1H3,(H,14,15). The normalized spacial score (nSPS) is 13.7. The lowest BCUT2D eigenvalue weighted by Crippen LogP contribution is -2.24. The van der Waals surface area contributed by atoms with Crippen LogP contribution < -0.4 is 5.32 Å². The first-order chi connectivity index (χ1) is 6.87. The highest BCUT2D eigenvalue weighted by Gasteiger charge is 2.29. The van der Waals surface area contributed by atoms with Gasteiger partial charge in [-0.3, -0.25) is 0 Å². The van der Waals surface area contributed by atoms with Gasteiger partial charge in [0.2, 0.25) is 0 Å². The van der Waals surface area contributed by atoms with Crippen molar-refractivity contribution in [2.75, 3.05) is 5.32 Å². The van der Waals surface area contributed by atoms with Gasteiger partial charge in [0.15, 0.2) is 0 Å². The van der Waals surface area contributed by atoms with Crippen molar-refractivity contribution in [2.24, 2.45) is 0 Å². The molecule has 0 amide bonds. The Morgan fingerprint density at radius 1 is 1.47 bits per heavy atom. The van der Waals surface area contributed by atoms with Gasteiger partial charge < -0.3 is 5.32 Å². The van der Waals surface area contributed by atoms with E-state index in [-0.39, 0.29) is 0 Å². The Balaban J connectivity index is 2.51. The van der Waals surface area contributed by atoms with Crippen LogP contribution in [0.5, 0.6) is 0 Å². The molecule has 0 fully saturated rings. The summed E-state index contributed by atoms with van der Waals surface area (Å²) in [6.45, 7) is 1.45. The van der Waals surface area contributed by atoms with Crippen molar-refractivity contribution in [3.8, 4) is 0 Å². The molecule has 0 radical (unpaired) electrons. The Hall–Kier alpha value is -0.970. The lowest BCUT2D eigenvalue weighted by atomic mass is 10.2. The van der Waals surface area contributed by atoms with Crippen molar-refractivity contribution in [3.05, 3.63) is 23.4 Å². The quantitative estimate of drug-likeness (QED) is 0.872. The number of pyridine rings is 1. The molecule has 1 N–H and O–H groups in total. The predicted octanol–water partition coefficient (Wildman–Crippen LogP) is 3.49. The molecule has 6 heteroatoms. The third kappa shape index (κ3) is 4.88. The maximum atomic E-state index is 12.0. The second-order valence-electron chi connectivity index (χ2n) is 3.23. The summed E-state index contributed by atoms with van der Waals surface area (Å²) in [5.74, 6) is 0.385. The Bertz CT molecular complexity index is 310. The fourth-order valence-corrected chi connectivity index (χ4v) is 1.22. The Labute approximate surface area is 90.5 Å². The highest BCUT2D eigenvalue weighted by atomic mass is 35.5. The maximum absolute atomic E-state index is 12.0. The molecule has 1 atom stereocenters. The van der Waals surface area contributed by atoms with Crippen molar-refractivity contribution < 1.29 is 13.2 Å². The zero-order valence-electron chi connectivity index (χ0n) is 7.98. The Kier molecular flexibility index (Phi) is 3.79. The molecule has 1 unspecified atom stereocenters. The summed E-state index contributed by atoms with van der Waals surface area (Å²) in [4.78, 5) is 3.84. The molecule has 2 nitrogen and oxygen atoms in total. The highest BCUT2D eigenvalue weighted by molar-refractivity contribution is 6.30. The molecule has 15 heavy (non-hydrogen) atoms. The molecule has 0 spiro atoms. The second-order valence-corrected chi connectivity index (χ2v) is 3.66. The van der Waals surface area contributed by atoms with Crippen molar-refractivity contribution >= 4 is 17.4 Å². The number of hydrogen-bond donors (Lipinski definition) is 1. The molecule has 0 saturated heterocycles. The van der Waals surface area contributed by atoms with E-state index in [1.807, 2.05) is 0 Å². The van der Waals surface area contributed by atoms with Gasteiger partial charge in [-0.05, 0) is 19.1 Å². The SMILES string of the molecule is CC(CC(F)(F)F)Nc1ccc(Cl)cn1. The maximum Gasteiger partial charge on any atom is 0.391 e. The van der Waals surface area contributed by atoms with Crippen molar-refractivity contribution in [1.82, 2.24) is 4.98 Å². The number of hydrogen-bond acceptors (Lipinski definition) is 2. The second kappa shape index (κ2) is 4.70. The lowest BCUT2D eigenvalue weighted by Gasteiger charge is -2.16. The van der Waals surface area contributed by atoms with Crippen LogP contribution in [0.1, 0.15) is 13.3 Å². The van der Waals surface area contributed by atoms with Crippen molar-refractivity contribution in [3.63, 3.8) is 0 Å². The van der Waals surface area contributed by atoms with E-state index in [9.17, 15) is 13.2 Å². The minimum atomic E-state index is -4.17. The number of anilines is 1. The molecule has 0 saturated carbocycles. The van der Waals surface area contributed by atoms with Crippen molar-refractivity contribution in [1.29, 1.82) is 0 Å². The number of nitrogens with zero attached hydrogens (tertiary/aromatic N) is 1. The third-order valence-electron chi connectivity index (χ3n) is 1.66. The summed E-state index contributed by atoms with van der Waals surface area (Å²) < 4.78 is 36.0. The number of nitrogens with one attached hydrogen (secondary N) is 1. The molecule has 1 heterocycles. The summed E-state index contributed by atoms with van der Waals surface area (Å²) >= 11 is 5.58. The van der Waals surface area contributed by atoms with Crippen LogP contribution in [0.2, 0.25) is 5.02 Å². The van der Waals surface area contributed by atoms with E-state index in [0.717, 1.165) is 0 Å². The minimum Gasteiger partial charge on any atom is -0.367 e. The largest absolute Gasteiger partial charge is 0.391 e. The predicted molar refractivity (Wildman–Crippen MR) is 53.0 cm³/mol. The molecule has 0 aliphatic carbocycles. The smallest absolute Gasteiger partial charge is 0.367 e. The molecule has 84 valence electrons. The van der Waals surface area contributed by atoms with E-state index in [2.05, 4.69) is 10.3 Å². The van der Waals surface area contributed by atoms with Crippen LogP contribution in [0.3, 0.4) is 0 Å². The topological polar surface area (TPSA) is 24.9 Å². The van der Waals surface area contributed by atoms with Gasteiger partial charge in [0.25, 0.3) is 0 Å². The summed E-state index contributed by atoms with van der Waals surface area (Å²) in [6, 6.07) is 2.39. The Morgan fingerprint density at radius 2 is 2.13 bits per heavy atom. The van der Waals surface area contributed by atoms with Gasteiger partial charge in [-0.1, -0.05) is 11.6 Å². The molecule has 0 aromatic carbocycles. The number of aromatic nitrogens is 1. The van der Waals surface area contributed by atoms with Gasteiger partial charge in [-0.2, -0.15) is 13.2 Å². The molecule has 0 aliphatic rings. The fraction of sp³-hybridized carbons (Fsp3) is 0.444. The van der Waals surface area contributed by atoms with Crippen LogP contribution in [0, 0.1) is 0 Å². The summed E-state index contributed by atoms with van der Waals surface area (Å²) in [5.41, 5.74) is 0. The molecular formula is C9H10ClF3N2. The van der Waals surface area contributed by atoms with Crippen LogP contribution in [0.25, 0.3) is 0 Å². The fourth-order valence-electron chi connectivity index (χ4n) is 1.11. The van der Waals surface area contributed by atoms with E-state index in [1.54, 1.807) is 6.07 Å².